The van der Waals surface area contributed by atoms with Gasteiger partial charge in [-0.3, -0.25) is 0 Å². The summed E-state index contributed by atoms with van der Waals surface area (Å²) in [6.07, 6.45) is 2.08. The maximum atomic E-state index is 11.3. The van der Waals surface area contributed by atoms with E-state index >= 15 is 0 Å². The van der Waals surface area contributed by atoms with E-state index in [1.165, 1.54) is 0 Å². The Balaban J connectivity index is 2.18. The lowest BCUT2D eigenvalue weighted by Gasteiger charge is -2.32. The van der Waals surface area contributed by atoms with Gasteiger partial charge < -0.3 is 9.63 Å². The first-order valence-electron chi connectivity index (χ1n) is 7.29. The number of benzene rings is 1. The predicted octanol–water partition coefficient (Wildman–Crippen LogP) is 3.90. The van der Waals surface area contributed by atoms with Crippen LogP contribution in [0.5, 0.6) is 0 Å². The van der Waals surface area contributed by atoms with E-state index < -0.39 is 5.60 Å². The zero-order valence-corrected chi connectivity index (χ0v) is 12.3. The van der Waals surface area contributed by atoms with Crippen LogP contribution < -0.4 is 0 Å². The quantitative estimate of drug-likeness (QED) is 0.901. The summed E-state index contributed by atoms with van der Waals surface area (Å²) >= 11 is 0. The third-order valence-electron chi connectivity index (χ3n) is 4.83. The average molecular weight is 271 g/mol. The molecule has 20 heavy (non-hydrogen) atoms. The Hall–Kier alpha value is -1.61. The fraction of sp³-hybridized carbons (Fsp3) is 0.471. The standard InChI is InChI=1S/C17H21NO2/c1-11-9-10-12(2)17(11,19)15-13(3)18-20-16(15)14-7-5-4-6-8-14/h4-8,11-12,19H,9-10H2,1-3H3/t11-,12+,17?. The van der Waals surface area contributed by atoms with Crippen molar-refractivity contribution in [3.8, 4) is 11.3 Å². The van der Waals surface area contributed by atoms with Crippen LogP contribution in [0.4, 0.5) is 0 Å². The fourth-order valence-electron chi connectivity index (χ4n) is 3.55. The fourth-order valence-corrected chi connectivity index (χ4v) is 3.55. The first-order valence-corrected chi connectivity index (χ1v) is 7.29. The van der Waals surface area contributed by atoms with Crippen molar-refractivity contribution in [3.63, 3.8) is 0 Å². The first kappa shape index (κ1) is 13.4. The lowest BCUT2D eigenvalue weighted by Crippen LogP contribution is -2.35. The van der Waals surface area contributed by atoms with E-state index in [0.29, 0.717) is 5.76 Å². The van der Waals surface area contributed by atoms with Gasteiger partial charge in [-0.05, 0) is 31.6 Å². The highest BCUT2D eigenvalue weighted by Crippen LogP contribution is 2.51. The summed E-state index contributed by atoms with van der Waals surface area (Å²) < 4.78 is 5.55. The Morgan fingerprint density at radius 3 is 2.35 bits per heavy atom. The van der Waals surface area contributed by atoms with Crippen molar-refractivity contribution in [1.82, 2.24) is 5.16 Å². The van der Waals surface area contributed by atoms with E-state index in [1.807, 2.05) is 37.3 Å². The molecular weight excluding hydrogens is 250 g/mol. The highest BCUT2D eigenvalue weighted by molar-refractivity contribution is 5.63. The second-order valence-corrected chi connectivity index (χ2v) is 6.04. The number of hydrogen-bond donors (Lipinski definition) is 1. The molecule has 1 aliphatic rings. The molecule has 3 heteroatoms. The molecule has 1 aliphatic carbocycles. The van der Waals surface area contributed by atoms with E-state index in [9.17, 15) is 5.11 Å². The molecule has 1 heterocycles. The number of rotatable bonds is 2. The Morgan fingerprint density at radius 2 is 1.75 bits per heavy atom. The van der Waals surface area contributed by atoms with Crippen molar-refractivity contribution in [2.45, 2.75) is 39.2 Å². The van der Waals surface area contributed by atoms with Gasteiger partial charge in [-0.25, -0.2) is 0 Å². The van der Waals surface area contributed by atoms with Gasteiger partial charge in [0.05, 0.1) is 11.3 Å². The molecule has 3 nitrogen and oxygen atoms in total. The van der Waals surface area contributed by atoms with Crippen molar-refractivity contribution in [2.24, 2.45) is 11.8 Å². The molecule has 1 saturated carbocycles. The van der Waals surface area contributed by atoms with Crippen molar-refractivity contribution < 1.29 is 9.63 Å². The van der Waals surface area contributed by atoms with Crippen LogP contribution in [0.15, 0.2) is 34.9 Å². The van der Waals surface area contributed by atoms with Crippen LogP contribution in [0.3, 0.4) is 0 Å². The van der Waals surface area contributed by atoms with E-state index in [4.69, 9.17) is 4.52 Å². The van der Waals surface area contributed by atoms with Gasteiger partial charge in [0.25, 0.3) is 0 Å². The van der Waals surface area contributed by atoms with Crippen LogP contribution in [0.25, 0.3) is 11.3 Å². The summed E-state index contributed by atoms with van der Waals surface area (Å²) in [5.41, 5.74) is 1.81. The molecular formula is C17H21NO2. The van der Waals surface area contributed by atoms with Gasteiger partial charge in [0.1, 0.15) is 5.60 Å². The lowest BCUT2D eigenvalue weighted by molar-refractivity contribution is -0.0312. The largest absolute Gasteiger partial charge is 0.384 e. The number of nitrogens with zero attached hydrogens (tertiary/aromatic N) is 1. The molecule has 0 spiro atoms. The zero-order valence-electron chi connectivity index (χ0n) is 12.3. The highest BCUT2D eigenvalue weighted by atomic mass is 16.5. The van der Waals surface area contributed by atoms with Crippen LogP contribution >= 0.6 is 0 Å². The number of hydrogen-bond acceptors (Lipinski definition) is 3. The van der Waals surface area contributed by atoms with Gasteiger partial charge in [-0.2, -0.15) is 0 Å². The van der Waals surface area contributed by atoms with Gasteiger partial charge in [-0.15, -0.1) is 0 Å². The minimum Gasteiger partial charge on any atom is -0.384 e. The van der Waals surface area contributed by atoms with Crippen LogP contribution in [0.2, 0.25) is 0 Å². The molecule has 0 radical (unpaired) electrons. The van der Waals surface area contributed by atoms with Crippen molar-refractivity contribution >= 4 is 0 Å². The third-order valence-corrected chi connectivity index (χ3v) is 4.83. The van der Waals surface area contributed by atoms with Gasteiger partial charge in [0.2, 0.25) is 0 Å². The molecule has 0 aliphatic heterocycles. The molecule has 2 aromatic rings. The molecule has 1 unspecified atom stereocenters. The SMILES string of the molecule is Cc1noc(-c2ccccc2)c1C1(O)[C@H](C)CC[C@@H]1C. The maximum Gasteiger partial charge on any atom is 0.173 e. The summed E-state index contributed by atoms with van der Waals surface area (Å²) in [4.78, 5) is 0. The Kier molecular flexibility index (Phi) is 3.17. The van der Waals surface area contributed by atoms with Crippen molar-refractivity contribution in [1.29, 1.82) is 0 Å². The van der Waals surface area contributed by atoms with Crippen LogP contribution in [0.1, 0.15) is 37.9 Å². The lowest BCUT2D eigenvalue weighted by atomic mass is 9.78. The normalized spacial score (nSPS) is 29.8. The molecule has 0 amide bonds. The van der Waals surface area contributed by atoms with E-state index in [2.05, 4.69) is 19.0 Å². The summed E-state index contributed by atoms with van der Waals surface area (Å²) in [5.74, 6) is 1.15. The molecule has 106 valence electrons. The highest BCUT2D eigenvalue weighted by Gasteiger charge is 2.49. The smallest absolute Gasteiger partial charge is 0.173 e. The first-order chi connectivity index (χ1) is 9.55. The molecule has 1 aromatic carbocycles. The van der Waals surface area contributed by atoms with E-state index in [0.717, 1.165) is 29.7 Å². The summed E-state index contributed by atoms with van der Waals surface area (Å²) in [6.45, 7) is 6.15. The molecule has 3 rings (SSSR count). The van der Waals surface area contributed by atoms with Crippen LogP contribution in [-0.2, 0) is 5.60 Å². The third kappa shape index (κ3) is 1.80. The average Bonchev–Trinajstić information content (AvgIpc) is 2.96. The summed E-state index contributed by atoms with van der Waals surface area (Å²) in [7, 11) is 0. The second kappa shape index (κ2) is 4.74. The molecule has 0 bridgehead atoms. The summed E-state index contributed by atoms with van der Waals surface area (Å²) in [6, 6.07) is 9.92. The number of aryl methyl sites for hydroxylation is 1. The van der Waals surface area contributed by atoms with Crippen LogP contribution in [-0.4, -0.2) is 10.3 Å². The topological polar surface area (TPSA) is 46.3 Å². The van der Waals surface area contributed by atoms with Crippen molar-refractivity contribution in [2.75, 3.05) is 0 Å². The minimum atomic E-state index is -0.838. The van der Waals surface area contributed by atoms with E-state index in [1.54, 1.807) is 0 Å². The van der Waals surface area contributed by atoms with Gasteiger partial charge in [-0.1, -0.05) is 49.3 Å². The molecule has 1 N–H and O–H groups in total. The minimum absolute atomic E-state index is 0.220. The maximum absolute atomic E-state index is 11.3. The van der Waals surface area contributed by atoms with E-state index in [-0.39, 0.29) is 11.8 Å². The van der Waals surface area contributed by atoms with Gasteiger partial charge in [0, 0.05) is 5.56 Å². The second-order valence-electron chi connectivity index (χ2n) is 6.04. The van der Waals surface area contributed by atoms with Gasteiger partial charge >= 0.3 is 0 Å². The summed E-state index contributed by atoms with van der Waals surface area (Å²) in [5, 5.41) is 15.4. The monoisotopic (exact) mass is 271 g/mol. The molecule has 3 atom stereocenters. The van der Waals surface area contributed by atoms with Gasteiger partial charge in [0.15, 0.2) is 5.76 Å². The molecule has 0 saturated heterocycles. The van der Waals surface area contributed by atoms with Crippen LogP contribution in [0, 0.1) is 18.8 Å². The predicted molar refractivity (Wildman–Crippen MR) is 78.1 cm³/mol. The Labute approximate surface area is 119 Å². The molecule has 1 aromatic heterocycles. The molecule has 1 fully saturated rings. The Morgan fingerprint density at radius 1 is 1.15 bits per heavy atom. The van der Waals surface area contributed by atoms with Crippen molar-refractivity contribution in [3.05, 3.63) is 41.6 Å². The number of aliphatic hydroxyl groups is 1. The number of aromatic nitrogens is 1. The Bertz CT molecular complexity index is 593. The zero-order chi connectivity index (χ0) is 14.3.